The Morgan fingerprint density at radius 2 is 2.09 bits per heavy atom. The summed E-state index contributed by atoms with van der Waals surface area (Å²) in [5.41, 5.74) is 8.30. The maximum Gasteiger partial charge on any atom is 0.181 e. The predicted molar refractivity (Wildman–Crippen MR) is 147 cm³/mol. The molecule has 0 atom stereocenters. The van der Waals surface area contributed by atoms with Crippen LogP contribution in [0.5, 0.6) is 0 Å². The Morgan fingerprint density at radius 1 is 1.20 bits per heavy atom. The van der Waals surface area contributed by atoms with Gasteiger partial charge in [0.2, 0.25) is 0 Å². The lowest BCUT2D eigenvalue weighted by Gasteiger charge is -2.10. The highest BCUT2D eigenvalue weighted by Crippen LogP contribution is 2.35. The van der Waals surface area contributed by atoms with Crippen LogP contribution in [0.1, 0.15) is 25.8 Å². The van der Waals surface area contributed by atoms with Crippen LogP contribution >= 0.6 is 11.3 Å². The first-order valence-electron chi connectivity index (χ1n) is 11.4. The summed E-state index contributed by atoms with van der Waals surface area (Å²) in [5, 5.41) is 15.0. The zero-order valence-corrected chi connectivity index (χ0v) is 20.5. The maximum atomic E-state index is 4.61. The molecule has 0 aliphatic carbocycles. The number of aromatic amines is 2. The van der Waals surface area contributed by atoms with E-state index in [1.54, 1.807) is 17.4 Å². The molecule has 6 nitrogen and oxygen atoms in total. The molecule has 3 N–H and O–H groups in total. The van der Waals surface area contributed by atoms with Gasteiger partial charge >= 0.3 is 0 Å². The van der Waals surface area contributed by atoms with Crippen molar-refractivity contribution in [2.24, 2.45) is 0 Å². The van der Waals surface area contributed by atoms with Crippen LogP contribution in [-0.2, 0) is 0 Å². The normalized spacial score (nSPS) is 12.4. The van der Waals surface area contributed by atoms with Crippen molar-refractivity contribution in [3.63, 3.8) is 0 Å². The highest BCUT2D eigenvalue weighted by molar-refractivity contribution is 7.13. The summed E-state index contributed by atoms with van der Waals surface area (Å²) < 4.78 is 0. The van der Waals surface area contributed by atoms with E-state index in [1.807, 2.05) is 19.3 Å². The summed E-state index contributed by atoms with van der Waals surface area (Å²) in [6, 6.07) is 10.5. The largest absolute Gasteiger partial charge is 0.359 e. The van der Waals surface area contributed by atoms with Crippen LogP contribution in [0.25, 0.3) is 49.5 Å². The van der Waals surface area contributed by atoms with E-state index in [-0.39, 0.29) is 0 Å². The molecule has 0 fully saturated rings. The molecule has 5 aromatic heterocycles. The maximum absolute atomic E-state index is 4.61. The molecule has 0 aliphatic rings. The molecule has 5 aromatic rings. The fourth-order valence-electron chi connectivity index (χ4n) is 4.01. The van der Waals surface area contributed by atoms with E-state index in [2.05, 4.69) is 98.4 Å². The van der Waals surface area contributed by atoms with Crippen molar-refractivity contribution in [2.45, 2.75) is 20.3 Å². The first kappa shape index (κ1) is 22.6. The summed E-state index contributed by atoms with van der Waals surface area (Å²) in [6.45, 7) is 12.0. The van der Waals surface area contributed by atoms with E-state index in [9.17, 15) is 0 Å². The number of hydrogen-bond acceptors (Lipinski definition) is 5. The minimum absolute atomic E-state index is 0.662. The van der Waals surface area contributed by atoms with E-state index in [0.717, 1.165) is 62.3 Å². The number of pyridine rings is 2. The molecule has 174 valence electrons. The van der Waals surface area contributed by atoms with Crippen LogP contribution < -0.4 is 5.32 Å². The Hall–Kier alpha value is -4.23. The Kier molecular flexibility index (Phi) is 6.16. The Bertz CT molecular complexity index is 1600. The van der Waals surface area contributed by atoms with E-state index in [4.69, 9.17) is 0 Å². The molecule has 7 heteroatoms. The molecule has 0 aromatic carbocycles. The lowest BCUT2D eigenvalue weighted by molar-refractivity contribution is 0.921. The van der Waals surface area contributed by atoms with Crippen LogP contribution in [0.4, 0.5) is 0 Å². The van der Waals surface area contributed by atoms with Gasteiger partial charge in [0.15, 0.2) is 5.65 Å². The molecule has 5 rings (SSSR count). The van der Waals surface area contributed by atoms with Gasteiger partial charge in [0, 0.05) is 50.6 Å². The molecule has 0 amide bonds. The first-order chi connectivity index (χ1) is 17.1. The monoisotopic (exact) mass is 478 g/mol. The van der Waals surface area contributed by atoms with E-state index < -0.39 is 0 Å². The second-order valence-corrected chi connectivity index (χ2v) is 9.05. The molecule has 0 saturated carbocycles. The van der Waals surface area contributed by atoms with Crippen molar-refractivity contribution >= 4 is 39.0 Å². The van der Waals surface area contributed by atoms with Crippen LogP contribution in [0.15, 0.2) is 90.9 Å². The zero-order valence-electron chi connectivity index (χ0n) is 19.7. The van der Waals surface area contributed by atoms with E-state index >= 15 is 0 Å². The van der Waals surface area contributed by atoms with Crippen LogP contribution in [0.3, 0.4) is 0 Å². The molecule has 0 saturated heterocycles. The van der Waals surface area contributed by atoms with Crippen LogP contribution in [0.2, 0.25) is 0 Å². The molecule has 0 unspecified atom stereocenters. The first-order valence-corrected chi connectivity index (χ1v) is 12.3. The standard InChI is InChI=1S/C28H26N6S/c1-5-17(4)31-20(7-3)13-18(6-2)19-14-23-26(33-34-28(23)30-16-19)24-15-22-21(25-9-8-12-35-25)10-11-29-27(22)32-24/h6-16,31H,3-5H2,1-2H3,(H,29,32)(H,30,33,34)/b18-6+,20-13+. The van der Waals surface area contributed by atoms with Crippen molar-refractivity contribution in [3.05, 3.63) is 96.4 Å². The average Bonchev–Trinajstić information content (AvgIpc) is 3.64. The van der Waals surface area contributed by atoms with Gasteiger partial charge in [-0.3, -0.25) is 5.10 Å². The minimum Gasteiger partial charge on any atom is -0.359 e. The smallest absolute Gasteiger partial charge is 0.181 e. The van der Waals surface area contributed by atoms with Gasteiger partial charge in [-0.25, -0.2) is 9.97 Å². The number of thiophene rings is 1. The highest BCUT2D eigenvalue weighted by atomic mass is 32.1. The minimum atomic E-state index is 0.662. The van der Waals surface area contributed by atoms with Gasteiger partial charge in [-0.15, -0.1) is 11.3 Å². The average molecular weight is 479 g/mol. The number of nitrogens with one attached hydrogen (secondary N) is 3. The van der Waals surface area contributed by atoms with Crippen molar-refractivity contribution in [3.8, 4) is 21.8 Å². The van der Waals surface area contributed by atoms with Gasteiger partial charge < -0.3 is 10.3 Å². The number of fused-ring (bicyclic) bond motifs is 2. The number of allylic oxidation sites excluding steroid dienone is 5. The molecular formula is C28H26N6S. The second kappa shape index (κ2) is 9.56. The van der Waals surface area contributed by atoms with Gasteiger partial charge in [0.05, 0.1) is 11.4 Å². The quantitative estimate of drug-likeness (QED) is 0.206. The van der Waals surface area contributed by atoms with Gasteiger partial charge in [-0.2, -0.15) is 5.10 Å². The summed E-state index contributed by atoms with van der Waals surface area (Å²) in [5.74, 6) is 0. The van der Waals surface area contributed by atoms with Crippen LogP contribution in [0, 0.1) is 0 Å². The van der Waals surface area contributed by atoms with Gasteiger partial charge in [0.1, 0.15) is 5.65 Å². The summed E-state index contributed by atoms with van der Waals surface area (Å²) >= 11 is 1.72. The predicted octanol–water partition coefficient (Wildman–Crippen LogP) is 7.22. The number of hydrogen-bond donors (Lipinski definition) is 3. The summed E-state index contributed by atoms with van der Waals surface area (Å²) in [7, 11) is 0. The molecule has 0 spiro atoms. The van der Waals surface area contributed by atoms with Gasteiger partial charge in [-0.1, -0.05) is 32.2 Å². The second-order valence-electron chi connectivity index (χ2n) is 8.10. The topological polar surface area (TPSA) is 82.3 Å². The fourth-order valence-corrected chi connectivity index (χ4v) is 4.78. The van der Waals surface area contributed by atoms with Crippen molar-refractivity contribution in [1.82, 2.24) is 30.5 Å². The Morgan fingerprint density at radius 3 is 2.83 bits per heavy atom. The molecule has 0 radical (unpaired) electrons. The third-order valence-corrected chi connectivity index (χ3v) is 6.82. The third-order valence-electron chi connectivity index (χ3n) is 5.92. The number of aromatic nitrogens is 5. The van der Waals surface area contributed by atoms with Gasteiger partial charge in [0.25, 0.3) is 0 Å². The lowest BCUT2D eigenvalue weighted by atomic mass is 10.0. The molecule has 0 bridgehead atoms. The summed E-state index contributed by atoms with van der Waals surface area (Å²) in [4.78, 5) is 13.8. The number of rotatable bonds is 8. The SMILES string of the molecule is C=C/C(=C\C(=C/C)c1cnc2n[nH]c(-c3cc4c(-c5cccs5)ccnc4[nH]3)c2c1)NC(=C)CC. The molecule has 5 heterocycles. The summed E-state index contributed by atoms with van der Waals surface area (Å²) in [6.07, 6.45) is 10.4. The van der Waals surface area contributed by atoms with E-state index in [0.29, 0.717) is 5.65 Å². The number of nitrogens with zero attached hydrogens (tertiary/aromatic N) is 3. The van der Waals surface area contributed by atoms with E-state index in [1.165, 1.54) is 4.88 Å². The zero-order chi connectivity index (χ0) is 24.4. The highest BCUT2D eigenvalue weighted by Gasteiger charge is 2.15. The third kappa shape index (κ3) is 4.34. The van der Waals surface area contributed by atoms with Crippen molar-refractivity contribution < 1.29 is 0 Å². The molecule has 35 heavy (non-hydrogen) atoms. The Balaban J connectivity index is 1.57. The van der Waals surface area contributed by atoms with Crippen molar-refractivity contribution in [1.29, 1.82) is 0 Å². The van der Waals surface area contributed by atoms with Crippen molar-refractivity contribution in [2.75, 3.05) is 0 Å². The van der Waals surface area contributed by atoms with Gasteiger partial charge in [-0.05, 0) is 60.7 Å². The lowest BCUT2D eigenvalue weighted by Crippen LogP contribution is -2.09. The molecule has 0 aliphatic heterocycles. The molecular weight excluding hydrogens is 452 g/mol. The van der Waals surface area contributed by atoms with Crippen LogP contribution in [-0.4, -0.2) is 25.1 Å². The fraction of sp³-hybridized carbons (Fsp3) is 0.107. The Labute approximate surface area is 207 Å². The number of H-pyrrole nitrogens is 2.